The van der Waals surface area contributed by atoms with Gasteiger partial charge >= 0.3 is 6.18 Å². The fourth-order valence-electron chi connectivity index (χ4n) is 4.51. The van der Waals surface area contributed by atoms with Crippen LogP contribution in [0, 0.1) is 0 Å². The van der Waals surface area contributed by atoms with Gasteiger partial charge in [-0.25, -0.2) is 0 Å². The van der Waals surface area contributed by atoms with E-state index in [2.05, 4.69) is 14.8 Å². The number of benzene rings is 2. The summed E-state index contributed by atoms with van der Waals surface area (Å²) in [4.78, 5) is 14.9. The number of ether oxygens (including phenoxy) is 2. The molecule has 0 saturated carbocycles. The van der Waals surface area contributed by atoms with E-state index in [1.165, 1.54) is 6.07 Å². The van der Waals surface area contributed by atoms with Gasteiger partial charge in [-0.15, -0.1) is 0 Å². The lowest BCUT2D eigenvalue weighted by atomic mass is 9.99. The molecule has 0 radical (unpaired) electrons. The first-order valence-corrected chi connectivity index (χ1v) is 11.1. The quantitative estimate of drug-likeness (QED) is 0.611. The Morgan fingerprint density at radius 1 is 1.00 bits per heavy atom. The van der Waals surface area contributed by atoms with E-state index in [0.29, 0.717) is 36.8 Å². The Balaban J connectivity index is 1.32. The van der Waals surface area contributed by atoms with Gasteiger partial charge in [0.25, 0.3) is 0 Å². The molecule has 0 spiro atoms. The summed E-state index contributed by atoms with van der Waals surface area (Å²) < 4.78 is 52.5. The predicted molar refractivity (Wildman–Crippen MR) is 119 cm³/mol. The van der Waals surface area contributed by atoms with Crippen LogP contribution in [-0.4, -0.2) is 41.7 Å². The van der Waals surface area contributed by atoms with Crippen molar-refractivity contribution in [3.63, 3.8) is 0 Å². The highest BCUT2D eigenvalue weighted by molar-refractivity contribution is 5.78. The summed E-state index contributed by atoms with van der Waals surface area (Å²) in [6, 6.07) is 14.7. The van der Waals surface area contributed by atoms with Gasteiger partial charge < -0.3 is 19.4 Å². The summed E-state index contributed by atoms with van der Waals surface area (Å²) in [5.41, 5.74) is 1.72. The standard InChI is InChI=1S/C25H24F3N3O3/c26-25(27,28)19-4-1-3-17(13-19)15-29-23(32)16-31-10-9-30-8-2-5-20(30)24(31)18-6-7-21-22(14-18)34-12-11-33-21/h1-8,13-14,24H,9-12,15-16H2,(H,29,32). The fraction of sp³-hybridized carbons (Fsp3) is 0.320. The Labute approximate surface area is 194 Å². The van der Waals surface area contributed by atoms with Crippen molar-refractivity contribution in [2.75, 3.05) is 26.3 Å². The molecule has 1 amide bonds. The third-order valence-electron chi connectivity index (χ3n) is 6.11. The van der Waals surface area contributed by atoms with Crippen molar-refractivity contribution >= 4 is 5.91 Å². The van der Waals surface area contributed by atoms with Crippen molar-refractivity contribution in [1.29, 1.82) is 0 Å². The van der Waals surface area contributed by atoms with Crippen LogP contribution < -0.4 is 14.8 Å². The molecule has 3 heterocycles. The molecule has 1 unspecified atom stereocenters. The molecule has 0 saturated heterocycles. The van der Waals surface area contributed by atoms with Crippen molar-refractivity contribution in [1.82, 2.24) is 14.8 Å². The molecule has 34 heavy (non-hydrogen) atoms. The van der Waals surface area contributed by atoms with E-state index in [1.54, 1.807) is 6.07 Å². The van der Waals surface area contributed by atoms with Crippen molar-refractivity contribution in [3.8, 4) is 11.5 Å². The van der Waals surface area contributed by atoms with Crippen molar-refractivity contribution < 1.29 is 27.4 Å². The van der Waals surface area contributed by atoms with E-state index in [9.17, 15) is 18.0 Å². The number of nitrogens with one attached hydrogen (secondary N) is 1. The Morgan fingerprint density at radius 2 is 1.82 bits per heavy atom. The first-order chi connectivity index (χ1) is 16.4. The molecule has 178 valence electrons. The average molecular weight is 471 g/mol. The minimum atomic E-state index is -4.42. The summed E-state index contributed by atoms with van der Waals surface area (Å²) in [5, 5.41) is 2.77. The monoisotopic (exact) mass is 471 g/mol. The summed E-state index contributed by atoms with van der Waals surface area (Å²) in [6.45, 7) is 2.53. The number of rotatable bonds is 5. The number of hydrogen-bond donors (Lipinski definition) is 1. The van der Waals surface area contributed by atoms with Gasteiger partial charge in [0.1, 0.15) is 13.2 Å². The largest absolute Gasteiger partial charge is 0.486 e. The average Bonchev–Trinajstić information content (AvgIpc) is 3.31. The number of carbonyl (C=O) groups excluding carboxylic acids is 1. The minimum absolute atomic E-state index is 0.0294. The molecule has 1 atom stereocenters. The molecule has 1 N–H and O–H groups in total. The van der Waals surface area contributed by atoms with Crippen LogP contribution in [-0.2, 0) is 24.1 Å². The minimum Gasteiger partial charge on any atom is -0.486 e. The first kappa shape index (κ1) is 22.3. The highest BCUT2D eigenvalue weighted by Gasteiger charge is 2.32. The van der Waals surface area contributed by atoms with Crippen LogP contribution in [0.1, 0.15) is 28.4 Å². The van der Waals surface area contributed by atoms with Crippen LogP contribution >= 0.6 is 0 Å². The van der Waals surface area contributed by atoms with Crippen molar-refractivity contribution in [2.45, 2.75) is 25.3 Å². The highest BCUT2D eigenvalue weighted by atomic mass is 19.4. The Bertz CT molecular complexity index is 1190. The zero-order valence-electron chi connectivity index (χ0n) is 18.3. The molecular formula is C25H24F3N3O3. The van der Waals surface area contributed by atoms with Gasteiger partial charge in [-0.2, -0.15) is 13.2 Å². The van der Waals surface area contributed by atoms with E-state index >= 15 is 0 Å². The molecule has 5 rings (SSSR count). The van der Waals surface area contributed by atoms with E-state index in [4.69, 9.17) is 9.47 Å². The van der Waals surface area contributed by atoms with Crippen molar-refractivity contribution in [3.05, 3.63) is 83.2 Å². The highest BCUT2D eigenvalue weighted by Crippen LogP contribution is 2.38. The zero-order chi connectivity index (χ0) is 23.7. The maximum atomic E-state index is 13.0. The van der Waals surface area contributed by atoms with Gasteiger partial charge in [-0.3, -0.25) is 9.69 Å². The Kier molecular flexibility index (Phi) is 5.95. The number of halogens is 3. The van der Waals surface area contributed by atoms with Gasteiger partial charge in [0, 0.05) is 31.5 Å². The maximum Gasteiger partial charge on any atom is 0.416 e. The van der Waals surface area contributed by atoms with Gasteiger partial charge in [-0.05, 0) is 47.5 Å². The summed E-state index contributed by atoms with van der Waals surface area (Å²) in [5.74, 6) is 1.13. The number of alkyl halides is 3. The molecular weight excluding hydrogens is 447 g/mol. The molecule has 0 aliphatic carbocycles. The van der Waals surface area contributed by atoms with Crippen LogP contribution in [0.5, 0.6) is 11.5 Å². The molecule has 0 fully saturated rings. The van der Waals surface area contributed by atoms with E-state index < -0.39 is 11.7 Å². The molecule has 0 bridgehead atoms. The van der Waals surface area contributed by atoms with Gasteiger partial charge in [0.05, 0.1) is 18.2 Å². The molecule has 3 aromatic rings. The molecule has 2 aliphatic heterocycles. The summed E-state index contributed by atoms with van der Waals surface area (Å²) >= 11 is 0. The fourth-order valence-corrected chi connectivity index (χ4v) is 4.51. The van der Waals surface area contributed by atoms with Crippen LogP contribution in [0.2, 0.25) is 0 Å². The van der Waals surface area contributed by atoms with Gasteiger partial charge in [0.15, 0.2) is 11.5 Å². The van der Waals surface area contributed by atoms with Crippen LogP contribution in [0.4, 0.5) is 13.2 Å². The van der Waals surface area contributed by atoms with E-state index in [-0.39, 0.29) is 25.0 Å². The number of fused-ring (bicyclic) bond motifs is 2. The van der Waals surface area contributed by atoms with E-state index in [1.807, 2.05) is 36.5 Å². The van der Waals surface area contributed by atoms with Crippen LogP contribution in [0.15, 0.2) is 60.8 Å². The molecule has 9 heteroatoms. The maximum absolute atomic E-state index is 13.0. The summed E-state index contributed by atoms with van der Waals surface area (Å²) in [7, 11) is 0. The lowest BCUT2D eigenvalue weighted by Gasteiger charge is -2.37. The third-order valence-corrected chi connectivity index (χ3v) is 6.11. The van der Waals surface area contributed by atoms with E-state index in [0.717, 1.165) is 29.9 Å². The first-order valence-electron chi connectivity index (χ1n) is 11.1. The lowest BCUT2D eigenvalue weighted by molar-refractivity contribution is -0.137. The number of aromatic nitrogens is 1. The Morgan fingerprint density at radius 3 is 2.65 bits per heavy atom. The number of carbonyl (C=O) groups is 1. The number of amides is 1. The summed E-state index contributed by atoms with van der Waals surface area (Å²) in [6.07, 6.45) is -2.40. The SMILES string of the molecule is O=C(CN1CCn2cccc2C1c1ccc2c(c1)OCCO2)NCc1cccc(C(F)(F)F)c1. The molecule has 2 aliphatic rings. The van der Waals surface area contributed by atoms with Gasteiger partial charge in [0.2, 0.25) is 5.91 Å². The van der Waals surface area contributed by atoms with Crippen LogP contribution in [0.3, 0.4) is 0 Å². The number of hydrogen-bond acceptors (Lipinski definition) is 4. The second-order valence-electron chi connectivity index (χ2n) is 8.38. The second kappa shape index (κ2) is 9.06. The van der Waals surface area contributed by atoms with Crippen LogP contribution in [0.25, 0.3) is 0 Å². The van der Waals surface area contributed by atoms with Gasteiger partial charge in [-0.1, -0.05) is 18.2 Å². The smallest absolute Gasteiger partial charge is 0.416 e. The lowest BCUT2D eigenvalue weighted by Crippen LogP contribution is -2.44. The van der Waals surface area contributed by atoms with Crippen molar-refractivity contribution in [2.24, 2.45) is 0 Å². The molecule has 1 aromatic heterocycles. The third kappa shape index (κ3) is 4.61. The molecule has 2 aromatic carbocycles. The normalized spacial score (nSPS) is 17.8. The number of nitrogens with zero attached hydrogens (tertiary/aromatic N) is 2. The second-order valence-corrected chi connectivity index (χ2v) is 8.38. The molecule has 6 nitrogen and oxygen atoms in total. The predicted octanol–water partition coefficient (Wildman–Crippen LogP) is 4.00. The Hall–Kier alpha value is -3.46. The zero-order valence-corrected chi connectivity index (χ0v) is 18.3. The topological polar surface area (TPSA) is 55.7 Å².